The summed E-state index contributed by atoms with van der Waals surface area (Å²) in [6.45, 7) is 0. The Kier molecular flexibility index (Phi) is 4.12. The minimum Gasteiger partial charge on any atom is -0.467 e. The van der Waals surface area contributed by atoms with Crippen LogP contribution in [0.25, 0.3) is 5.65 Å². The molecule has 0 N–H and O–H groups in total. The van der Waals surface area contributed by atoms with Gasteiger partial charge in [-0.15, -0.1) is 5.10 Å². The van der Waals surface area contributed by atoms with Crippen LogP contribution >= 0.6 is 11.8 Å². The first-order valence-electron chi connectivity index (χ1n) is 6.52. The Morgan fingerprint density at radius 1 is 1.22 bits per heavy atom. The summed E-state index contributed by atoms with van der Waals surface area (Å²) in [5.41, 5.74) is -0.241. The maximum absolute atomic E-state index is 13.0. The van der Waals surface area contributed by atoms with Crippen molar-refractivity contribution in [1.82, 2.24) is 19.6 Å². The first-order valence-corrected chi connectivity index (χ1v) is 7.51. The number of alkyl halides is 3. The predicted molar refractivity (Wildman–Crippen MR) is 78.3 cm³/mol. The van der Waals surface area contributed by atoms with E-state index in [1.54, 1.807) is 0 Å². The van der Waals surface area contributed by atoms with E-state index < -0.39 is 11.7 Å². The molecule has 0 radical (unpaired) electrons. The van der Waals surface area contributed by atoms with Crippen LogP contribution in [0.2, 0.25) is 0 Å². The molecular formula is C14H11F3N4OS. The second-order valence-electron chi connectivity index (χ2n) is 4.56. The van der Waals surface area contributed by atoms with Gasteiger partial charge in [0.05, 0.1) is 7.11 Å². The third-order valence-electron chi connectivity index (χ3n) is 3.01. The Morgan fingerprint density at radius 3 is 2.61 bits per heavy atom. The van der Waals surface area contributed by atoms with Gasteiger partial charge in [-0.2, -0.15) is 17.7 Å². The van der Waals surface area contributed by atoms with Gasteiger partial charge in [-0.05, 0) is 5.56 Å². The van der Waals surface area contributed by atoms with Gasteiger partial charge in [-0.1, -0.05) is 42.1 Å². The Hall–Kier alpha value is -2.29. The third-order valence-corrected chi connectivity index (χ3v) is 3.92. The van der Waals surface area contributed by atoms with Gasteiger partial charge in [0.15, 0.2) is 5.65 Å². The average molecular weight is 340 g/mol. The van der Waals surface area contributed by atoms with Crippen molar-refractivity contribution >= 4 is 17.4 Å². The molecule has 0 amide bonds. The Labute approximate surface area is 133 Å². The van der Waals surface area contributed by atoms with E-state index in [9.17, 15) is 13.2 Å². The number of hydrogen-bond acceptors (Lipinski definition) is 5. The van der Waals surface area contributed by atoms with Crippen molar-refractivity contribution in [3.05, 3.63) is 47.7 Å². The zero-order chi connectivity index (χ0) is 16.4. The number of hydrogen-bond donors (Lipinski definition) is 0. The molecule has 0 aliphatic rings. The highest BCUT2D eigenvalue weighted by molar-refractivity contribution is 7.98. The molecule has 3 rings (SSSR count). The molecular weight excluding hydrogens is 329 g/mol. The van der Waals surface area contributed by atoms with E-state index >= 15 is 0 Å². The van der Waals surface area contributed by atoms with Crippen LogP contribution in [0.15, 0.2) is 41.7 Å². The molecule has 2 heterocycles. The summed E-state index contributed by atoms with van der Waals surface area (Å²) in [5, 5.41) is 4.28. The second kappa shape index (κ2) is 6.07. The molecule has 0 fully saturated rings. The molecule has 0 unspecified atom stereocenters. The van der Waals surface area contributed by atoms with Crippen LogP contribution < -0.4 is 4.74 Å². The number of halogens is 3. The van der Waals surface area contributed by atoms with E-state index in [-0.39, 0.29) is 16.8 Å². The van der Waals surface area contributed by atoms with Crippen molar-refractivity contribution in [2.24, 2.45) is 0 Å². The smallest absolute Gasteiger partial charge is 0.421 e. The number of nitrogens with zero attached hydrogens (tertiary/aromatic N) is 4. The minimum absolute atomic E-state index is 0.0490. The molecule has 3 aromatic rings. The largest absolute Gasteiger partial charge is 0.467 e. The van der Waals surface area contributed by atoms with Crippen molar-refractivity contribution in [1.29, 1.82) is 0 Å². The van der Waals surface area contributed by atoms with Crippen LogP contribution in [0.4, 0.5) is 13.2 Å². The van der Waals surface area contributed by atoms with Gasteiger partial charge < -0.3 is 4.74 Å². The van der Waals surface area contributed by atoms with Crippen molar-refractivity contribution < 1.29 is 17.9 Å². The van der Waals surface area contributed by atoms with E-state index in [4.69, 9.17) is 4.74 Å². The predicted octanol–water partition coefficient (Wildman–Crippen LogP) is 3.44. The van der Waals surface area contributed by atoms with Crippen LogP contribution in [0.5, 0.6) is 6.01 Å². The third kappa shape index (κ3) is 3.24. The Bertz CT molecular complexity index is 820. The molecule has 0 saturated heterocycles. The van der Waals surface area contributed by atoms with E-state index in [2.05, 4.69) is 15.1 Å². The summed E-state index contributed by atoms with van der Waals surface area (Å²) in [4.78, 5) is 7.61. The van der Waals surface area contributed by atoms with Crippen molar-refractivity contribution in [3.63, 3.8) is 0 Å². The molecule has 2 aromatic heterocycles. The fourth-order valence-corrected chi connectivity index (χ4v) is 2.73. The highest BCUT2D eigenvalue weighted by Crippen LogP contribution is 2.33. The zero-order valence-electron chi connectivity index (χ0n) is 11.9. The SMILES string of the molecule is COc1ncc(C(F)(F)F)c2nc(SCc3ccccc3)nn12. The Morgan fingerprint density at radius 2 is 1.96 bits per heavy atom. The molecule has 0 aliphatic carbocycles. The lowest BCUT2D eigenvalue weighted by Crippen LogP contribution is -2.10. The van der Waals surface area contributed by atoms with Gasteiger partial charge in [-0.3, -0.25) is 0 Å². The average Bonchev–Trinajstić information content (AvgIpc) is 2.95. The standard InChI is InChI=1S/C14H11F3N4OS/c1-22-13-18-7-10(14(15,16)17)11-19-12(20-21(11)13)23-8-9-5-3-2-4-6-9/h2-7H,8H2,1H3. The lowest BCUT2D eigenvalue weighted by atomic mass is 10.2. The van der Waals surface area contributed by atoms with E-state index in [1.165, 1.54) is 18.9 Å². The second-order valence-corrected chi connectivity index (χ2v) is 5.50. The molecule has 120 valence electrons. The molecule has 0 aliphatic heterocycles. The molecule has 1 aromatic carbocycles. The van der Waals surface area contributed by atoms with E-state index in [1.807, 2.05) is 30.3 Å². The molecule has 0 spiro atoms. The monoisotopic (exact) mass is 340 g/mol. The number of fused-ring (bicyclic) bond motifs is 1. The number of thioether (sulfide) groups is 1. The summed E-state index contributed by atoms with van der Waals surface area (Å²) in [5.74, 6) is 0.550. The molecule has 5 nitrogen and oxygen atoms in total. The zero-order valence-corrected chi connectivity index (χ0v) is 12.7. The molecule has 0 bridgehead atoms. The van der Waals surface area contributed by atoms with Crippen molar-refractivity contribution in [2.75, 3.05) is 7.11 Å². The van der Waals surface area contributed by atoms with Gasteiger partial charge in [0.25, 0.3) is 0 Å². The normalized spacial score (nSPS) is 11.8. The van der Waals surface area contributed by atoms with E-state index in [0.717, 1.165) is 10.1 Å². The summed E-state index contributed by atoms with van der Waals surface area (Å²) < 4.78 is 45.0. The summed E-state index contributed by atoms with van der Waals surface area (Å²) in [6.07, 6.45) is -3.86. The number of methoxy groups -OCH3 is 1. The van der Waals surface area contributed by atoms with Crippen LogP contribution in [-0.2, 0) is 11.9 Å². The van der Waals surface area contributed by atoms with Gasteiger partial charge in [-0.25, -0.2) is 9.97 Å². The highest BCUT2D eigenvalue weighted by Gasteiger charge is 2.35. The van der Waals surface area contributed by atoms with Gasteiger partial charge >= 0.3 is 12.2 Å². The fraction of sp³-hybridized carbons (Fsp3) is 0.214. The molecule has 0 atom stereocenters. The van der Waals surface area contributed by atoms with Crippen LogP contribution in [0.1, 0.15) is 11.1 Å². The summed E-state index contributed by atoms with van der Waals surface area (Å²) >= 11 is 1.24. The first kappa shape index (κ1) is 15.6. The van der Waals surface area contributed by atoms with Gasteiger partial charge in [0.2, 0.25) is 5.16 Å². The van der Waals surface area contributed by atoms with Crippen molar-refractivity contribution in [2.45, 2.75) is 17.1 Å². The van der Waals surface area contributed by atoms with Crippen LogP contribution in [-0.4, -0.2) is 26.7 Å². The number of benzene rings is 1. The topological polar surface area (TPSA) is 52.3 Å². The minimum atomic E-state index is -4.56. The Balaban J connectivity index is 1.96. The van der Waals surface area contributed by atoms with E-state index in [0.29, 0.717) is 11.9 Å². The maximum atomic E-state index is 13.0. The summed E-state index contributed by atoms with van der Waals surface area (Å²) in [6, 6.07) is 9.47. The summed E-state index contributed by atoms with van der Waals surface area (Å²) in [7, 11) is 1.31. The fourth-order valence-electron chi connectivity index (χ4n) is 1.96. The van der Waals surface area contributed by atoms with Crippen LogP contribution in [0.3, 0.4) is 0 Å². The number of aromatic nitrogens is 4. The quantitative estimate of drug-likeness (QED) is 0.681. The van der Waals surface area contributed by atoms with Gasteiger partial charge in [0.1, 0.15) is 5.56 Å². The maximum Gasteiger partial charge on any atom is 0.421 e. The number of rotatable bonds is 4. The lowest BCUT2D eigenvalue weighted by molar-refractivity contribution is -0.137. The van der Waals surface area contributed by atoms with Crippen molar-refractivity contribution in [3.8, 4) is 6.01 Å². The molecule has 23 heavy (non-hydrogen) atoms. The molecule has 0 saturated carbocycles. The van der Waals surface area contributed by atoms with Crippen LogP contribution in [0, 0.1) is 0 Å². The number of ether oxygens (including phenoxy) is 1. The first-order chi connectivity index (χ1) is 11.0. The highest BCUT2D eigenvalue weighted by atomic mass is 32.2. The van der Waals surface area contributed by atoms with Gasteiger partial charge in [0, 0.05) is 11.9 Å². The molecule has 9 heteroatoms. The lowest BCUT2D eigenvalue weighted by Gasteiger charge is -2.08.